The van der Waals surface area contributed by atoms with Crippen molar-refractivity contribution < 1.29 is 27.3 Å². The van der Waals surface area contributed by atoms with Crippen molar-refractivity contribution in [3.05, 3.63) is 23.0 Å². The summed E-state index contributed by atoms with van der Waals surface area (Å²) >= 11 is 0. The standard InChI is InChI=1S/C19H21F3N4O3/c1-11-17-13(19(20,21)22)8-14(23-18(17)29-24-11)12-4-2-6-25(9-12)16(28)10-26-7-3-5-15(26)27/h8,12H,2-7,9-10H2,1H3. The molecule has 0 spiro atoms. The minimum atomic E-state index is -4.56. The molecule has 4 heterocycles. The maximum Gasteiger partial charge on any atom is 0.417 e. The Morgan fingerprint density at radius 2 is 2.10 bits per heavy atom. The number of halogens is 3. The summed E-state index contributed by atoms with van der Waals surface area (Å²) in [7, 11) is 0. The Hall–Kier alpha value is -2.65. The van der Waals surface area contributed by atoms with Gasteiger partial charge in [0.25, 0.3) is 5.71 Å². The molecule has 156 valence electrons. The molecule has 0 N–H and O–H groups in total. The molecule has 29 heavy (non-hydrogen) atoms. The molecule has 0 bridgehead atoms. The molecule has 0 radical (unpaired) electrons. The second kappa shape index (κ2) is 7.31. The average molecular weight is 410 g/mol. The molecule has 2 aliphatic heterocycles. The van der Waals surface area contributed by atoms with Crippen LogP contribution in [0.4, 0.5) is 13.2 Å². The van der Waals surface area contributed by atoms with E-state index in [1.54, 1.807) is 4.90 Å². The minimum Gasteiger partial charge on any atom is -0.340 e. The smallest absolute Gasteiger partial charge is 0.340 e. The number of piperidine rings is 1. The van der Waals surface area contributed by atoms with Gasteiger partial charge < -0.3 is 14.3 Å². The van der Waals surface area contributed by atoms with Crippen LogP contribution in [0.5, 0.6) is 0 Å². The molecule has 2 fully saturated rings. The van der Waals surface area contributed by atoms with Gasteiger partial charge in [0.1, 0.15) is 0 Å². The Labute approximate surface area is 164 Å². The van der Waals surface area contributed by atoms with Crippen molar-refractivity contribution in [2.24, 2.45) is 0 Å². The summed E-state index contributed by atoms with van der Waals surface area (Å²) in [6.07, 6.45) is -2.09. The average Bonchev–Trinajstić information content (AvgIpc) is 3.26. The van der Waals surface area contributed by atoms with Gasteiger partial charge in [-0.05, 0) is 32.3 Å². The molecule has 1 unspecified atom stereocenters. The number of hydrogen-bond acceptors (Lipinski definition) is 5. The number of aryl methyl sites for hydroxylation is 1. The first kappa shape index (κ1) is 19.7. The van der Waals surface area contributed by atoms with E-state index < -0.39 is 11.7 Å². The van der Waals surface area contributed by atoms with Gasteiger partial charge in [-0.15, -0.1) is 0 Å². The van der Waals surface area contributed by atoms with Crippen molar-refractivity contribution >= 4 is 22.9 Å². The van der Waals surface area contributed by atoms with E-state index in [0.717, 1.165) is 12.5 Å². The number of fused-ring (bicyclic) bond motifs is 1. The molecule has 2 saturated heterocycles. The van der Waals surface area contributed by atoms with Crippen molar-refractivity contribution in [2.45, 2.75) is 44.7 Å². The van der Waals surface area contributed by atoms with Crippen molar-refractivity contribution in [1.29, 1.82) is 0 Å². The van der Waals surface area contributed by atoms with E-state index in [1.165, 1.54) is 11.8 Å². The number of carbonyl (C=O) groups excluding carboxylic acids is 2. The highest BCUT2D eigenvalue weighted by atomic mass is 19.4. The fourth-order valence-corrected chi connectivity index (χ4v) is 4.13. The second-order valence-corrected chi connectivity index (χ2v) is 7.64. The Morgan fingerprint density at radius 1 is 1.31 bits per heavy atom. The van der Waals surface area contributed by atoms with E-state index in [1.807, 2.05) is 0 Å². The van der Waals surface area contributed by atoms with Crippen LogP contribution >= 0.6 is 0 Å². The van der Waals surface area contributed by atoms with Crippen LogP contribution in [0.2, 0.25) is 0 Å². The van der Waals surface area contributed by atoms with Crippen LogP contribution in [0.3, 0.4) is 0 Å². The summed E-state index contributed by atoms with van der Waals surface area (Å²) in [5, 5.41) is 3.50. The summed E-state index contributed by atoms with van der Waals surface area (Å²) < 4.78 is 45.8. The molecule has 0 aromatic carbocycles. The minimum absolute atomic E-state index is 0.0209. The third kappa shape index (κ3) is 3.79. The van der Waals surface area contributed by atoms with Crippen LogP contribution in [-0.4, -0.2) is 57.9 Å². The summed E-state index contributed by atoms with van der Waals surface area (Å²) in [6.45, 7) is 2.83. The van der Waals surface area contributed by atoms with Gasteiger partial charge in [-0.2, -0.15) is 13.2 Å². The number of hydrogen-bond donors (Lipinski definition) is 0. The summed E-state index contributed by atoms with van der Waals surface area (Å²) in [6, 6.07) is 1.05. The van der Waals surface area contributed by atoms with Crippen LogP contribution in [0, 0.1) is 6.92 Å². The fraction of sp³-hybridized carbons (Fsp3) is 0.579. The number of pyridine rings is 1. The third-order valence-corrected chi connectivity index (χ3v) is 5.63. The molecule has 0 aliphatic carbocycles. The Balaban J connectivity index is 1.57. The number of amides is 2. The predicted molar refractivity (Wildman–Crippen MR) is 95.9 cm³/mol. The number of nitrogens with zero attached hydrogens (tertiary/aromatic N) is 4. The highest BCUT2D eigenvalue weighted by Crippen LogP contribution is 2.38. The highest BCUT2D eigenvalue weighted by Gasteiger charge is 2.37. The molecule has 4 rings (SSSR count). The largest absolute Gasteiger partial charge is 0.417 e. The lowest BCUT2D eigenvalue weighted by Crippen LogP contribution is -2.45. The van der Waals surface area contributed by atoms with Crippen LogP contribution in [0.25, 0.3) is 11.1 Å². The molecule has 1 atom stereocenters. The van der Waals surface area contributed by atoms with E-state index in [0.29, 0.717) is 32.4 Å². The van der Waals surface area contributed by atoms with Gasteiger partial charge in [-0.1, -0.05) is 5.16 Å². The number of aromatic nitrogens is 2. The van der Waals surface area contributed by atoms with E-state index >= 15 is 0 Å². The Bertz CT molecular complexity index is 956. The van der Waals surface area contributed by atoms with Crippen LogP contribution in [0.1, 0.15) is 48.6 Å². The SMILES string of the molecule is Cc1noc2nc(C3CCCN(C(=O)CN4CCCC4=O)C3)cc(C(F)(F)F)c12. The van der Waals surface area contributed by atoms with Gasteiger partial charge in [-0.3, -0.25) is 9.59 Å². The van der Waals surface area contributed by atoms with Gasteiger partial charge in [-0.25, -0.2) is 4.98 Å². The van der Waals surface area contributed by atoms with Crippen LogP contribution in [-0.2, 0) is 15.8 Å². The first-order chi connectivity index (χ1) is 13.7. The molecule has 0 saturated carbocycles. The van der Waals surface area contributed by atoms with Gasteiger partial charge in [0, 0.05) is 32.0 Å². The molecular weight excluding hydrogens is 389 g/mol. The Kier molecular flexibility index (Phi) is 4.95. The van der Waals surface area contributed by atoms with Crippen molar-refractivity contribution in [2.75, 3.05) is 26.2 Å². The molecule has 2 amide bonds. The van der Waals surface area contributed by atoms with Crippen molar-refractivity contribution in [3.63, 3.8) is 0 Å². The number of rotatable bonds is 3. The zero-order chi connectivity index (χ0) is 20.8. The van der Waals surface area contributed by atoms with Crippen molar-refractivity contribution in [1.82, 2.24) is 19.9 Å². The first-order valence-electron chi connectivity index (χ1n) is 9.63. The summed E-state index contributed by atoms with van der Waals surface area (Å²) in [5.74, 6) is -0.551. The topological polar surface area (TPSA) is 79.5 Å². The number of likely N-dealkylation sites (tertiary alicyclic amines) is 2. The van der Waals surface area contributed by atoms with Gasteiger partial charge in [0.15, 0.2) is 0 Å². The highest BCUT2D eigenvalue weighted by molar-refractivity contribution is 5.86. The van der Waals surface area contributed by atoms with Crippen LogP contribution < -0.4 is 0 Å². The van der Waals surface area contributed by atoms with E-state index in [2.05, 4.69) is 10.1 Å². The third-order valence-electron chi connectivity index (χ3n) is 5.63. The monoisotopic (exact) mass is 410 g/mol. The second-order valence-electron chi connectivity index (χ2n) is 7.64. The summed E-state index contributed by atoms with van der Waals surface area (Å²) in [4.78, 5) is 31.8. The number of carbonyl (C=O) groups is 2. The van der Waals surface area contributed by atoms with E-state index in [9.17, 15) is 22.8 Å². The normalized spacial score (nSPS) is 20.7. The van der Waals surface area contributed by atoms with E-state index in [4.69, 9.17) is 4.52 Å². The van der Waals surface area contributed by atoms with E-state index in [-0.39, 0.29) is 53.3 Å². The predicted octanol–water partition coefficient (Wildman–Crippen LogP) is 2.88. The Morgan fingerprint density at radius 3 is 2.79 bits per heavy atom. The lowest BCUT2D eigenvalue weighted by Gasteiger charge is -2.33. The lowest BCUT2D eigenvalue weighted by molar-refractivity contribution is -0.139. The van der Waals surface area contributed by atoms with Gasteiger partial charge in [0.2, 0.25) is 11.8 Å². The quantitative estimate of drug-likeness (QED) is 0.778. The van der Waals surface area contributed by atoms with Crippen LogP contribution in [0.15, 0.2) is 10.6 Å². The molecule has 2 aromatic heterocycles. The zero-order valence-corrected chi connectivity index (χ0v) is 16.0. The summed E-state index contributed by atoms with van der Waals surface area (Å²) in [5.41, 5.74) is -0.571. The first-order valence-corrected chi connectivity index (χ1v) is 9.63. The maximum absolute atomic E-state index is 13.6. The van der Waals surface area contributed by atoms with Gasteiger partial charge >= 0.3 is 6.18 Å². The molecule has 2 aromatic rings. The fourth-order valence-electron chi connectivity index (χ4n) is 4.13. The lowest BCUT2D eigenvalue weighted by atomic mass is 9.92. The zero-order valence-electron chi connectivity index (χ0n) is 16.0. The molecule has 7 nitrogen and oxygen atoms in total. The molecule has 10 heteroatoms. The van der Waals surface area contributed by atoms with Gasteiger partial charge in [0.05, 0.1) is 28.9 Å². The van der Waals surface area contributed by atoms with Crippen molar-refractivity contribution in [3.8, 4) is 0 Å². The maximum atomic E-state index is 13.6. The molecular formula is C19H21F3N4O3. The number of alkyl halides is 3. The molecule has 2 aliphatic rings.